The molecule has 1 aromatic heterocycles. The number of aryl methyl sites for hydroxylation is 1. The summed E-state index contributed by atoms with van der Waals surface area (Å²) in [6.45, 7) is 6.94. The quantitative estimate of drug-likeness (QED) is 0.742. The third kappa shape index (κ3) is 4.26. The van der Waals surface area contributed by atoms with Crippen LogP contribution in [0.25, 0.3) is 0 Å². The third-order valence-electron chi connectivity index (χ3n) is 5.06. The van der Waals surface area contributed by atoms with Crippen molar-refractivity contribution < 1.29 is 9.47 Å². The predicted molar refractivity (Wildman–Crippen MR) is 109 cm³/mol. The first kappa shape index (κ1) is 19.3. The molecule has 3 rings (SSSR count). The van der Waals surface area contributed by atoms with Crippen molar-refractivity contribution in [3.8, 4) is 11.5 Å². The van der Waals surface area contributed by atoms with E-state index in [1.165, 1.54) is 11.1 Å². The van der Waals surface area contributed by atoms with E-state index in [0.717, 1.165) is 67.9 Å². The van der Waals surface area contributed by atoms with Crippen LogP contribution in [0.3, 0.4) is 0 Å². The molecule has 0 aliphatic carbocycles. The average molecular weight is 370 g/mol. The molecule has 1 aromatic carbocycles. The van der Waals surface area contributed by atoms with Gasteiger partial charge in [-0.1, -0.05) is 13.3 Å². The van der Waals surface area contributed by atoms with Gasteiger partial charge in [-0.15, -0.1) is 0 Å². The molecule has 6 nitrogen and oxygen atoms in total. The Bertz CT molecular complexity index is 794. The Balaban J connectivity index is 1.85. The molecule has 2 heterocycles. The number of aromatic nitrogens is 2. The van der Waals surface area contributed by atoms with Gasteiger partial charge in [0.15, 0.2) is 11.5 Å². The first-order chi connectivity index (χ1) is 13.0. The van der Waals surface area contributed by atoms with Crippen molar-refractivity contribution in [2.24, 2.45) is 0 Å². The summed E-state index contributed by atoms with van der Waals surface area (Å²) in [5.74, 6) is 3.36. The van der Waals surface area contributed by atoms with Crippen LogP contribution < -0.4 is 19.3 Å². The van der Waals surface area contributed by atoms with Crippen LogP contribution in [0.4, 0.5) is 11.8 Å². The van der Waals surface area contributed by atoms with E-state index in [4.69, 9.17) is 14.5 Å². The van der Waals surface area contributed by atoms with Crippen LogP contribution in [0.1, 0.15) is 36.6 Å². The monoisotopic (exact) mass is 370 g/mol. The Morgan fingerprint density at radius 1 is 1.07 bits per heavy atom. The second-order valence-corrected chi connectivity index (χ2v) is 7.09. The highest BCUT2D eigenvalue weighted by atomic mass is 16.5. The van der Waals surface area contributed by atoms with E-state index < -0.39 is 0 Å². The molecule has 0 amide bonds. The molecule has 27 heavy (non-hydrogen) atoms. The second-order valence-electron chi connectivity index (χ2n) is 7.09. The Morgan fingerprint density at radius 3 is 2.44 bits per heavy atom. The summed E-state index contributed by atoms with van der Waals surface area (Å²) in [5.41, 5.74) is 3.57. The molecular formula is C21H30N4O2. The van der Waals surface area contributed by atoms with Gasteiger partial charge in [-0.2, -0.15) is 4.98 Å². The van der Waals surface area contributed by atoms with Gasteiger partial charge in [-0.25, -0.2) is 4.98 Å². The highest BCUT2D eigenvalue weighted by Crippen LogP contribution is 2.34. The maximum absolute atomic E-state index is 5.47. The van der Waals surface area contributed by atoms with Crippen LogP contribution in [0.15, 0.2) is 18.2 Å². The van der Waals surface area contributed by atoms with Crippen LogP contribution >= 0.6 is 0 Å². The lowest BCUT2D eigenvalue weighted by atomic mass is 9.99. The van der Waals surface area contributed by atoms with E-state index in [2.05, 4.69) is 47.0 Å². The van der Waals surface area contributed by atoms with Gasteiger partial charge in [0.1, 0.15) is 5.82 Å². The Labute approximate surface area is 162 Å². The summed E-state index contributed by atoms with van der Waals surface area (Å²) in [7, 11) is 5.42. The van der Waals surface area contributed by atoms with Gasteiger partial charge in [0.05, 0.1) is 14.2 Å². The van der Waals surface area contributed by atoms with Crippen molar-refractivity contribution in [3.05, 3.63) is 35.0 Å². The van der Waals surface area contributed by atoms with E-state index in [0.29, 0.717) is 0 Å². The van der Waals surface area contributed by atoms with E-state index in [1.54, 1.807) is 14.2 Å². The SMILES string of the molecule is CCCCN(C)c1nc(C)cc(N2CCc3cc(OC)c(OC)cc3C2)n1. The topological polar surface area (TPSA) is 50.7 Å². The van der Waals surface area contributed by atoms with Crippen molar-refractivity contribution in [3.63, 3.8) is 0 Å². The molecule has 1 aliphatic heterocycles. The molecule has 0 N–H and O–H groups in total. The molecule has 0 spiro atoms. The number of rotatable bonds is 7. The van der Waals surface area contributed by atoms with E-state index >= 15 is 0 Å². The largest absolute Gasteiger partial charge is 0.493 e. The van der Waals surface area contributed by atoms with Gasteiger partial charge in [0.2, 0.25) is 5.95 Å². The summed E-state index contributed by atoms with van der Waals surface area (Å²) in [5, 5.41) is 0. The third-order valence-corrected chi connectivity index (χ3v) is 5.06. The summed E-state index contributed by atoms with van der Waals surface area (Å²) in [4.78, 5) is 13.9. The summed E-state index contributed by atoms with van der Waals surface area (Å²) >= 11 is 0. The van der Waals surface area contributed by atoms with E-state index in [9.17, 15) is 0 Å². The zero-order valence-electron chi connectivity index (χ0n) is 17.1. The number of fused-ring (bicyclic) bond motifs is 1. The molecule has 2 aromatic rings. The fourth-order valence-corrected chi connectivity index (χ4v) is 3.44. The molecule has 1 aliphatic rings. The number of anilines is 2. The summed E-state index contributed by atoms with van der Waals surface area (Å²) in [6, 6.07) is 6.26. The fourth-order valence-electron chi connectivity index (χ4n) is 3.44. The first-order valence-corrected chi connectivity index (χ1v) is 9.61. The van der Waals surface area contributed by atoms with Crippen LogP contribution in [0.2, 0.25) is 0 Å². The van der Waals surface area contributed by atoms with Crippen LogP contribution in [0.5, 0.6) is 11.5 Å². The molecule has 0 radical (unpaired) electrons. The molecule has 0 unspecified atom stereocenters. The first-order valence-electron chi connectivity index (χ1n) is 9.61. The van der Waals surface area contributed by atoms with Crippen molar-refractivity contribution in [2.45, 2.75) is 39.7 Å². The maximum Gasteiger partial charge on any atom is 0.227 e. The van der Waals surface area contributed by atoms with Crippen LogP contribution in [0, 0.1) is 6.92 Å². The fraction of sp³-hybridized carbons (Fsp3) is 0.524. The minimum absolute atomic E-state index is 0.775. The molecule has 146 valence electrons. The van der Waals surface area contributed by atoms with Gasteiger partial charge in [-0.3, -0.25) is 0 Å². The van der Waals surface area contributed by atoms with Gasteiger partial charge in [-0.05, 0) is 43.0 Å². The number of benzene rings is 1. The standard InChI is InChI=1S/C21H30N4O2/c1-6-7-9-24(3)21-22-15(2)11-20(23-21)25-10-8-16-12-18(26-4)19(27-5)13-17(16)14-25/h11-13H,6-10,14H2,1-5H3. The average Bonchev–Trinajstić information content (AvgIpc) is 2.69. The van der Waals surface area contributed by atoms with Gasteiger partial charge >= 0.3 is 0 Å². The smallest absolute Gasteiger partial charge is 0.227 e. The second kappa shape index (κ2) is 8.46. The highest BCUT2D eigenvalue weighted by Gasteiger charge is 2.21. The van der Waals surface area contributed by atoms with Gasteiger partial charge in [0.25, 0.3) is 0 Å². The highest BCUT2D eigenvalue weighted by molar-refractivity contribution is 5.53. The van der Waals surface area contributed by atoms with E-state index in [1.807, 2.05) is 6.92 Å². The van der Waals surface area contributed by atoms with E-state index in [-0.39, 0.29) is 0 Å². The van der Waals surface area contributed by atoms with Crippen LogP contribution in [-0.2, 0) is 13.0 Å². The lowest BCUT2D eigenvalue weighted by Gasteiger charge is -2.31. The Morgan fingerprint density at radius 2 is 1.78 bits per heavy atom. The molecule has 0 atom stereocenters. The van der Waals surface area contributed by atoms with Crippen molar-refractivity contribution in [1.29, 1.82) is 0 Å². The van der Waals surface area contributed by atoms with Gasteiger partial charge < -0.3 is 19.3 Å². The number of nitrogens with zero attached hydrogens (tertiary/aromatic N) is 4. The molecule has 0 saturated carbocycles. The van der Waals surface area contributed by atoms with Crippen LogP contribution in [-0.4, -0.2) is 44.3 Å². The zero-order chi connectivity index (χ0) is 19.4. The molecule has 6 heteroatoms. The molecule has 0 bridgehead atoms. The zero-order valence-corrected chi connectivity index (χ0v) is 17.1. The lowest BCUT2D eigenvalue weighted by molar-refractivity contribution is 0.353. The Kier molecular flexibility index (Phi) is 6.04. The van der Waals surface area contributed by atoms with Crippen molar-refractivity contribution in [1.82, 2.24) is 9.97 Å². The number of methoxy groups -OCH3 is 2. The molecule has 0 fully saturated rings. The Hall–Kier alpha value is -2.50. The van der Waals surface area contributed by atoms with Crippen molar-refractivity contribution >= 4 is 11.8 Å². The summed E-state index contributed by atoms with van der Waals surface area (Å²) in [6.07, 6.45) is 3.26. The predicted octanol–water partition coefficient (Wildman–Crippen LogP) is 3.60. The summed E-state index contributed by atoms with van der Waals surface area (Å²) < 4.78 is 10.9. The lowest BCUT2D eigenvalue weighted by Crippen LogP contribution is -2.32. The molecular weight excluding hydrogens is 340 g/mol. The van der Waals surface area contributed by atoms with Gasteiger partial charge in [0, 0.05) is 38.4 Å². The minimum Gasteiger partial charge on any atom is -0.493 e. The van der Waals surface area contributed by atoms with Crippen molar-refractivity contribution in [2.75, 3.05) is 44.2 Å². The number of ether oxygens (including phenoxy) is 2. The molecule has 0 saturated heterocycles. The number of hydrogen-bond donors (Lipinski definition) is 0. The minimum atomic E-state index is 0.775. The maximum atomic E-state index is 5.47. The number of hydrogen-bond acceptors (Lipinski definition) is 6. The number of unbranched alkanes of at least 4 members (excludes halogenated alkanes) is 1. The normalized spacial score (nSPS) is 13.3.